The smallest absolute Gasteiger partial charge is 0.182 e. The van der Waals surface area contributed by atoms with Gasteiger partial charge in [0.15, 0.2) is 4.77 Å². The van der Waals surface area contributed by atoms with Crippen molar-refractivity contribution < 1.29 is 4.74 Å². The van der Waals surface area contributed by atoms with Gasteiger partial charge in [-0.3, -0.25) is 4.57 Å². The molecule has 0 saturated heterocycles. The zero-order valence-corrected chi connectivity index (χ0v) is 12.3. The van der Waals surface area contributed by atoms with Crippen molar-refractivity contribution in [3.63, 3.8) is 0 Å². The van der Waals surface area contributed by atoms with E-state index in [0.29, 0.717) is 11.4 Å². The summed E-state index contributed by atoms with van der Waals surface area (Å²) in [4.78, 5) is 3.24. The third-order valence-corrected chi connectivity index (χ3v) is 3.51. The van der Waals surface area contributed by atoms with Gasteiger partial charge in [-0.25, -0.2) is 0 Å². The molecule has 1 aromatic heterocycles. The Kier molecular flexibility index (Phi) is 3.32. The molecule has 1 heterocycles. The molecule has 0 saturated carbocycles. The van der Waals surface area contributed by atoms with Crippen LogP contribution in [0.1, 0.15) is 12.5 Å². The summed E-state index contributed by atoms with van der Waals surface area (Å²) in [5.41, 5.74) is 4.35. The van der Waals surface area contributed by atoms with E-state index in [1.54, 1.807) is 0 Å². The Morgan fingerprint density at radius 2 is 2.05 bits per heavy atom. The number of nitrogens with one attached hydrogen (secondary N) is 1. The summed E-state index contributed by atoms with van der Waals surface area (Å²) >= 11 is 5.45. The summed E-state index contributed by atoms with van der Waals surface area (Å²) in [6.45, 7) is 4.71. The van der Waals surface area contributed by atoms with Crippen LogP contribution in [0.15, 0.2) is 42.5 Å². The average Bonchev–Trinajstić information content (AvgIpc) is 2.75. The fourth-order valence-corrected chi connectivity index (χ4v) is 2.66. The van der Waals surface area contributed by atoms with E-state index in [9.17, 15) is 0 Å². The fourth-order valence-electron chi connectivity index (χ4n) is 2.35. The summed E-state index contributed by atoms with van der Waals surface area (Å²) < 4.78 is 8.30. The van der Waals surface area contributed by atoms with E-state index in [1.165, 1.54) is 5.56 Å². The Labute approximate surface area is 122 Å². The van der Waals surface area contributed by atoms with E-state index in [4.69, 9.17) is 17.0 Å². The molecule has 0 unspecified atom stereocenters. The van der Waals surface area contributed by atoms with Crippen molar-refractivity contribution in [3.05, 3.63) is 52.8 Å². The molecule has 0 aliphatic heterocycles. The van der Waals surface area contributed by atoms with E-state index in [0.717, 1.165) is 22.5 Å². The van der Waals surface area contributed by atoms with Crippen molar-refractivity contribution >= 4 is 23.3 Å². The Morgan fingerprint density at radius 1 is 1.20 bits per heavy atom. The highest BCUT2D eigenvalue weighted by molar-refractivity contribution is 7.71. The molecule has 1 N–H and O–H groups in total. The highest BCUT2D eigenvalue weighted by Gasteiger charge is 2.07. The first kappa shape index (κ1) is 12.9. The number of aromatic nitrogens is 2. The van der Waals surface area contributed by atoms with Crippen molar-refractivity contribution in [3.8, 4) is 11.4 Å². The second-order valence-electron chi connectivity index (χ2n) is 4.72. The second kappa shape index (κ2) is 5.13. The number of benzene rings is 2. The summed E-state index contributed by atoms with van der Waals surface area (Å²) in [6, 6.07) is 14.3. The molecule has 0 aliphatic carbocycles. The van der Waals surface area contributed by atoms with Gasteiger partial charge in [-0.15, -0.1) is 0 Å². The van der Waals surface area contributed by atoms with E-state index >= 15 is 0 Å². The normalized spacial score (nSPS) is 10.9. The molecule has 0 amide bonds. The summed E-state index contributed by atoms with van der Waals surface area (Å²) in [5, 5.41) is 0. The molecule has 3 rings (SSSR count). The molecule has 2 aromatic carbocycles. The van der Waals surface area contributed by atoms with Crippen LogP contribution in [0.3, 0.4) is 0 Å². The molecule has 3 aromatic rings. The molecule has 4 heteroatoms. The summed E-state index contributed by atoms with van der Waals surface area (Å²) in [5.74, 6) is 0.855. The fraction of sp³-hybridized carbons (Fsp3) is 0.188. The number of ether oxygens (including phenoxy) is 1. The monoisotopic (exact) mass is 284 g/mol. The first-order chi connectivity index (χ1) is 9.69. The van der Waals surface area contributed by atoms with Gasteiger partial charge in [0.2, 0.25) is 0 Å². The first-order valence-corrected chi connectivity index (χ1v) is 7.04. The molecule has 0 radical (unpaired) electrons. The van der Waals surface area contributed by atoms with Gasteiger partial charge in [0.05, 0.1) is 23.3 Å². The van der Waals surface area contributed by atoms with Crippen LogP contribution in [0.4, 0.5) is 0 Å². The maximum absolute atomic E-state index is 5.56. The summed E-state index contributed by atoms with van der Waals surface area (Å²) in [6.07, 6.45) is 0. The van der Waals surface area contributed by atoms with E-state index in [2.05, 4.69) is 30.1 Å². The lowest BCUT2D eigenvalue weighted by Crippen LogP contribution is -1.96. The first-order valence-electron chi connectivity index (χ1n) is 6.63. The van der Waals surface area contributed by atoms with Gasteiger partial charge < -0.3 is 9.72 Å². The van der Waals surface area contributed by atoms with Crippen molar-refractivity contribution in [2.45, 2.75) is 13.8 Å². The molecular formula is C16H16N2OS. The highest BCUT2D eigenvalue weighted by Crippen LogP contribution is 2.23. The van der Waals surface area contributed by atoms with Gasteiger partial charge in [-0.05, 0) is 55.9 Å². The number of aromatic amines is 1. The zero-order chi connectivity index (χ0) is 14.1. The maximum atomic E-state index is 5.56. The van der Waals surface area contributed by atoms with Crippen molar-refractivity contribution in [2.75, 3.05) is 6.61 Å². The van der Waals surface area contributed by atoms with Gasteiger partial charge >= 0.3 is 0 Å². The average molecular weight is 284 g/mol. The number of fused-ring (bicyclic) bond motifs is 1. The number of rotatable bonds is 3. The lowest BCUT2D eigenvalue weighted by molar-refractivity contribution is 0.340. The zero-order valence-electron chi connectivity index (χ0n) is 11.5. The maximum Gasteiger partial charge on any atom is 0.182 e. The Bertz CT molecular complexity index is 817. The Hall–Kier alpha value is -2.07. The highest BCUT2D eigenvalue weighted by atomic mass is 32.1. The predicted octanol–water partition coefficient (Wildman–Crippen LogP) is 4.40. The molecule has 20 heavy (non-hydrogen) atoms. The molecule has 0 spiro atoms. The SMILES string of the molecule is CCOc1cccc(-n2c(=S)[nH]c3ccc(C)cc32)c1. The van der Waals surface area contributed by atoms with Crippen molar-refractivity contribution in [2.24, 2.45) is 0 Å². The predicted molar refractivity (Wildman–Crippen MR) is 84.4 cm³/mol. The number of hydrogen-bond acceptors (Lipinski definition) is 2. The van der Waals surface area contributed by atoms with Crippen LogP contribution in [0, 0.1) is 11.7 Å². The number of nitrogens with zero attached hydrogens (tertiary/aromatic N) is 1. The third kappa shape index (κ3) is 2.23. The molecule has 0 aliphatic rings. The van der Waals surface area contributed by atoms with Crippen molar-refractivity contribution in [1.29, 1.82) is 0 Å². The Morgan fingerprint density at radius 3 is 2.85 bits per heavy atom. The topological polar surface area (TPSA) is 29.9 Å². The number of H-pyrrole nitrogens is 1. The standard InChI is InChI=1S/C16H16N2OS/c1-3-19-13-6-4-5-12(10-13)18-15-9-11(2)7-8-14(15)17-16(18)20/h4-10H,3H2,1-2H3,(H,17,20). The second-order valence-corrected chi connectivity index (χ2v) is 5.10. The lowest BCUT2D eigenvalue weighted by atomic mass is 10.2. The van der Waals surface area contributed by atoms with Crippen LogP contribution < -0.4 is 4.74 Å². The molecule has 3 nitrogen and oxygen atoms in total. The lowest BCUT2D eigenvalue weighted by Gasteiger charge is -2.08. The minimum Gasteiger partial charge on any atom is -0.494 e. The van der Waals surface area contributed by atoms with Crippen LogP contribution in [-0.2, 0) is 0 Å². The quantitative estimate of drug-likeness (QED) is 0.723. The van der Waals surface area contributed by atoms with Gasteiger partial charge in [-0.1, -0.05) is 12.1 Å². The van der Waals surface area contributed by atoms with Gasteiger partial charge in [-0.2, -0.15) is 0 Å². The molecule has 0 fully saturated rings. The van der Waals surface area contributed by atoms with Gasteiger partial charge in [0.1, 0.15) is 5.75 Å². The van der Waals surface area contributed by atoms with Crippen LogP contribution in [0.5, 0.6) is 5.75 Å². The van der Waals surface area contributed by atoms with E-state index < -0.39 is 0 Å². The molecule has 0 atom stereocenters. The minimum atomic E-state index is 0.655. The van der Waals surface area contributed by atoms with Crippen LogP contribution in [0.25, 0.3) is 16.7 Å². The summed E-state index contributed by atoms with van der Waals surface area (Å²) in [7, 11) is 0. The molecule has 0 bridgehead atoms. The van der Waals surface area contributed by atoms with E-state index in [1.807, 2.05) is 35.8 Å². The van der Waals surface area contributed by atoms with Crippen molar-refractivity contribution in [1.82, 2.24) is 9.55 Å². The number of aryl methyl sites for hydroxylation is 1. The Balaban J connectivity index is 2.23. The van der Waals surface area contributed by atoms with Gasteiger partial charge in [0.25, 0.3) is 0 Å². The number of imidazole rings is 1. The largest absolute Gasteiger partial charge is 0.494 e. The molecule has 102 valence electrons. The third-order valence-electron chi connectivity index (χ3n) is 3.23. The molecular weight excluding hydrogens is 268 g/mol. The van der Waals surface area contributed by atoms with E-state index in [-0.39, 0.29) is 0 Å². The van der Waals surface area contributed by atoms with Crippen LogP contribution in [0.2, 0.25) is 0 Å². The minimum absolute atomic E-state index is 0.655. The van der Waals surface area contributed by atoms with Crippen LogP contribution in [-0.4, -0.2) is 16.2 Å². The van der Waals surface area contributed by atoms with Crippen LogP contribution >= 0.6 is 12.2 Å². The van der Waals surface area contributed by atoms with Gasteiger partial charge in [0, 0.05) is 6.07 Å². The number of hydrogen-bond donors (Lipinski definition) is 1.